The molecule has 0 fully saturated rings. The van der Waals surface area contributed by atoms with Gasteiger partial charge in [0.2, 0.25) is 11.8 Å². The van der Waals surface area contributed by atoms with E-state index in [1.54, 1.807) is 13.2 Å². The van der Waals surface area contributed by atoms with E-state index in [0.717, 1.165) is 5.52 Å². The van der Waals surface area contributed by atoms with E-state index in [0.29, 0.717) is 30.5 Å². The Bertz CT molecular complexity index is 614. The van der Waals surface area contributed by atoms with E-state index < -0.39 is 5.91 Å². The Balaban J connectivity index is 2.22. The number of nitrogens with two attached hydrogens (primary N) is 1. The van der Waals surface area contributed by atoms with Crippen molar-refractivity contribution in [2.45, 2.75) is 12.4 Å². The molecule has 7 nitrogen and oxygen atoms in total. The Hall–Kier alpha value is -1.86. The van der Waals surface area contributed by atoms with Crippen LogP contribution in [0.5, 0.6) is 5.88 Å². The SMILES string of the molecule is COc1ccc2nc(CCl)n(CCOCC(N)=O)c2n1. The summed E-state index contributed by atoms with van der Waals surface area (Å²) in [5, 5.41) is 0. The first kappa shape index (κ1) is 14.5. The maximum Gasteiger partial charge on any atom is 0.243 e. The van der Waals surface area contributed by atoms with Gasteiger partial charge in [-0.2, -0.15) is 4.98 Å². The number of nitrogens with zero attached hydrogens (tertiary/aromatic N) is 3. The first-order chi connectivity index (χ1) is 9.65. The van der Waals surface area contributed by atoms with Gasteiger partial charge in [-0.3, -0.25) is 4.79 Å². The molecule has 0 radical (unpaired) electrons. The van der Waals surface area contributed by atoms with Crippen LogP contribution < -0.4 is 10.5 Å². The molecule has 2 aromatic rings. The Morgan fingerprint density at radius 3 is 2.90 bits per heavy atom. The Morgan fingerprint density at radius 1 is 1.45 bits per heavy atom. The molecule has 2 heterocycles. The minimum atomic E-state index is -0.502. The predicted molar refractivity (Wildman–Crippen MR) is 73.7 cm³/mol. The largest absolute Gasteiger partial charge is 0.481 e. The number of halogens is 1. The molecule has 2 rings (SSSR count). The summed E-state index contributed by atoms with van der Waals surface area (Å²) in [6, 6.07) is 3.55. The van der Waals surface area contributed by atoms with Crippen molar-refractivity contribution >= 4 is 28.7 Å². The summed E-state index contributed by atoms with van der Waals surface area (Å²) in [5.74, 6) is 0.940. The summed E-state index contributed by atoms with van der Waals surface area (Å²) in [6.07, 6.45) is 0. The van der Waals surface area contributed by atoms with Gasteiger partial charge >= 0.3 is 0 Å². The van der Waals surface area contributed by atoms with Crippen molar-refractivity contribution in [2.75, 3.05) is 20.3 Å². The molecule has 0 bridgehead atoms. The van der Waals surface area contributed by atoms with E-state index in [4.69, 9.17) is 26.8 Å². The maximum absolute atomic E-state index is 10.6. The van der Waals surface area contributed by atoms with Gasteiger partial charge in [-0.05, 0) is 6.07 Å². The number of alkyl halides is 1. The number of hydrogen-bond donors (Lipinski definition) is 1. The lowest BCUT2D eigenvalue weighted by Crippen LogP contribution is -2.20. The number of hydrogen-bond acceptors (Lipinski definition) is 5. The third-order valence-electron chi connectivity index (χ3n) is 2.68. The fraction of sp³-hybridized carbons (Fsp3) is 0.417. The van der Waals surface area contributed by atoms with Crippen LogP contribution in [0.3, 0.4) is 0 Å². The van der Waals surface area contributed by atoms with Gasteiger partial charge in [0, 0.05) is 12.6 Å². The van der Waals surface area contributed by atoms with Crippen molar-refractivity contribution in [3.05, 3.63) is 18.0 Å². The van der Waals surface area contributed by atoms with Gasteiger partial charge < -0.3 is 19.8 Å². The third kappa shape index (κ3) is 3.17. The van der Waals surface area contributed by atoms with E-state index in [9.17, 15) is 4.79 Å². The fourth-order valence-electron chi connectivity index (χ4n) is 1.81. The molecule has 8 heteroatoms. The number of carbonyl (C=O) groups excluding carboxylic acids is 1. The molecule has 2 aromatic heterocycles. The molecule has 0 atom stereocenters. The summed E-state index contributed by atoms with van der Waals surface area (Å²) in [6.45, 7) is 0.683. The number of aromatic nitrogens is 3. The van der Waals surface area contributed by atoms with E-state index in [1.807, 2.05) is 10.6 Å². The number of amides is 1. The monoisotopic (exact) mass is 298 g/mol. The smallest absolute Gasteiger partial charge is 0.243 e. The molecule has 2 N–H and O–H groups in total. The number of carbonyl (C=O) groups is 1. The van der Waals surface area contributed by atoms with Crippen molar-refractivity contribution in [1.82, 2.24) is 14.5 Å². The van der Waals surface area contributed by atoms with Gasteiger partial charge in [0.1, 0.15) is 17.9 Å². The average molecular weight is 299 g/mol. The summed E-state index contributed by atoms with van der Waals surface area (Å²) in [5.41, 5.74) is 6.41. The zero-order valence-corrected chi connectivity index (χ0v) is 11.8. The Kier molecular flexibility index (Phi) is 4.75. The zero-order valence-electron chi connectivity index (χ0n) is 11.0. The highest BCUT2D eigenvalue weighted by Gasteiger charge is 2.12. The van der Waals surface area contributed by atoms with Crippen LogP contribution in [0, 0.1) is 0 Å². The van der Waals surface area contributed by atoms with Gasteiger partial charge in [-0.25, -0.2) is 4.98 Å². The molecule has 0 saturated carbocycles. The number of rotatable bonds is 7. The van der Waals surface area contributed by atoms with E-state index in [-0.39, 0.29) is 12.5 Å². The summed E-state index contributed by atoms with van der Waals surface area (Å²) >= 11 is 5.88. The predicted octanol–water partition coefficient (Wildman–Crippen LogP) is 0.681. The van der Waals surface area contributed by atoms with Crippen molar-refractivity contribution in [2.24, 2.45) is 5.73 Å². The van der Waals surface area contributed by atoms with Crippen LogP contribution in [0.4, 0.5) is 0 Å². The molecule has 0 aliphatic carbocycles. The van der Waals surface area contributed by atoms with Crippen LogP contribution in [-0.2, 0) is 22.0 Å². The second-order valence-electron chi connectivity index (χ2n) is 4.03. The van der Waals surface area contributed by atoms with E-state index >= 15 is 0 Å². The quantitative estimate of drug-likeness (QED) is 0.599. The number of imidazole rings is 1. The molecule has 1 amide bonds. The number of primary amides is 1. The molecule has 20 heavy (non-hydrogen) atoms. The first-order valence-electron chi connectivity index (χ1n) is 5.98. The highest BCUT2D eigenvalue weighted by Crippen LogP contribution is 2.19. The number of methoxy groups -OCH3 is 1. The lowest BCUT2D eigenvalue weighted by molar-refractivity contribution is -0.122. The third-order valence-corrected chi connectivity index (χ3v) is 2.92. The standard InChI is InChI=1S/C12H15ClN4O3/c1-19-11-3-2-8-12(16-11)17(10(6-13)15-8)4-5-20-7-9(14)18/h2-3H,4-7H2,1H3,(H2,14,18). The van der Waals surface area contributed by atoms with Crippen LogP contribution in [0.1, 0.15) is 5.82 Å². The van der Waals surface area contributed by atoms with E-state index in [2.05, 4.69) is 9.97 Å². The van der Waals surface area contributed by atoms with Crippen LogP contribution in [-0.4, -0.2) is 40.8 Å². The highest BCUT2D eigenvalue weighted by molar-refractivity contribution is 6.16. The maximum atomic E-state index is 10.6. The van der Waals surface area contributed by atoms with Gasteiger partial charge in [0.15, 0.2) is 5.65 Å². The summed E-state index contributed by atoms with van der Waals surface area (Å²) in [7, 11) is 1.55. The van der Waals surface area contributed by atoms with Crippen LogP contribution >= 0.6 is 11.6 Å². The zero-order chi connectivity index (χ0) is 14.5. The van der Waals surface area contributed by atoms with Crippen molar-refractivity contribution in [1.29, 1.82) is 0 Å². The molecule has 0 aliphatic rings. The highest BCUT2D eigenvalue weighted by atomic mass is 35.5. The van der Waals surface area contributed by atoms with Gasteiger partial charge in [-0.15, -0.1) is 11.6 Å². The average Bonchev–Trinajstić information content (AvgIpc) is 2.80. The molecule has 0 unspecified atom stereocenters. The normalized spacial score (nSPS) is 10.9. The minimum absolute atomic E-state index is 0.112. The van der Waals surface area contributed by atoms with Crippen LogP contribution in [0.25, 0.3) is 11.2 Å². The second kappa shape index (κ2) is 6.53. The Morgan fingerprint density at radius 2 is 2.25 bits per heavy atom. The minimum Gasteiger partial charge on any atom is -0.481 e. The molecule has 0 aliphatic heterocycles. The molecular formula is C12H15ClN4O3. The van der Waals surface area contributed by atoms with Gasteiger partial charge in [0.25, 0.3) is 0 Å². The number of pyridine rings is 1. The fourth-order valence-corrected chi connectivity index (χ4v) is 2.01. The lowest BCUT2D eigenvalue weighted by Gasteiger charge is -2.07. The second-order valence-corrected chi connectivity index (χ2v) is 4.30. The topological polar surface area (TPSA) is 92.3 Å². The Labute approximate surface area is 120 Å². The van der Waals surface area contributed by atoms with Crippen molar-refractivity contribution < 1.29 is 14.3 Å². The van der Waals surface area contributed by atoms with Crippen LogP contribution in [0.15, 0.2) is 12.1 Å². The lowest BCUT2D eigenvalue weighted by atomic mass is 10.4. The number of fused-ring (bicyclic) bond motifs is 1. The van der Waals surface area contributed by atoms with Crippen molar-refractivity contribution in [3.63, 3.8) is 0 Å². The summed E-state index contributed by atoms with van der Waals surface area (Å²) < 4.78 is 12.1. The number of ether oxygens (including phenoxy) is 2. The van der Waals surface area contributed by atoms with Crippen LogP contribution in [0.2, 0.25) is 0 Å². The van der Waals surface area contributed by atoms with Crippen molar-refractivity contribution in [3.8, 4) is 5.88 Å². The molecule has 0 spiro atoms. The van der Waals surface area contributed by atoms with Gasteiger partial charge in [0.05, 0.1) is 19.6 Å². The molecule has 108 valence electrons. The molecular weight excluding hydrogens is 284 g/mol. The molecule has 0 aromatic carbocycles. The van der Waals surface area contributed by atoms with Gasteiger partial charge in [-0.1, -0.05) is 0 Å². The first-order valence-corrected chi connectivity index (χ1v) is 6.51. The van der Waals surface area contributed by atoms with E-state index in [1.165, 1.54) is 0 Å². The molecule has 0 saturated heterocycles. The summed E-state index contributed by atoms with van der Waals surface area (Å²) in [4.78, 5) is 19.3.